The first-order valence-corrected chi connectivity index (χ1v) is 5.73. The minimum absolute atomic E-state index is 0.102. The number of rotatable bonds is 3. The second-order valence-corrected chi connectivity index (χ2v) is 4.33. The molecule has 0 saturated carbocycles. The Morgan fingerprint density at radius 1 is 1.39 bits per heavy atom. The van der Waals surface area contributed by atoms with Gasteiger partial charge in [-0.3, -0.25) is 4.68 Å². The molecule has 0 atom stereocenters. The smallest absolute Gasteiger partial charge is 0.146 e. The van der Waals surface area contributed by atoms with Crippen molar-refractivity contribution in [3.05, 3.63) is 46.2 Å². The number of benzene rings is 1. The predicted molar refractivity (Wildman–Crippen MR) is 66.6 cm³/mol. The van der Waals surface area contributed by atoms with Crippen LogP contribution in [0, 0.1) is 18.6 Å². The number of anilines is 1. The van der Waals surface area contributed by atoms with Gasteiger partial charge in [-0.05, 0) is 25.1 Å². The van der Waals surface area contributed by atoms with E-state index in [0.717, 1.165) is 23.9 Å². The van der Waals surface area contributed by atoms with Crippen molar-refractivity contribution < 1.29 is 8.78 Å². The molecule has 2 aromatic rings. The molecule has 0 aliphatic carbocycles. The van der Waals surface area contributed by atoms with Gasteiger partial charge in [-0.2, -0.15) is 5.10 Å². The number of halogens is 3. The third-order valence-electron chi connectivity index (χ3n) is 2.64. The maximum atomic E-state index is 13.4. The van der Waals surface area contributed by atoms with Crippen LogP contribution >= 0.6 is 11.6 Å². The van der Waals surface area contributed by atoms with Gasteiger partial charge in [0.25, 0.3) is 0 Å². The Balaban J connectivity index is 2.19. The Hall–Kier alpha value is -1.62. The lowest BCUT2D eigenvalue weighted by Gasteiger charge is -2.08. The molecule has 1 N–H and O–H groups in total. The van der Waals surface area contributed by atoms with Crippen LogP contribution in [-0.4, -0.2) is 9.78 Å². The van der Waals surface area contributed by atoms with Crippen molar-refractivity contribution in [1.82, 2.24) is 9.78 Å². The number of aryl methyl sites for hydroxylation is 2. The first-order valence-electron chi connectivity index (χ1n) is 5.36. The van der Waals surface area contributed by atoms with Gasteiger partial charge >= 0.3 is 0 Å². The lowest BCUT2D eigenvalue weighted by atomic mass is 10.3. The molecule has 6 heteroatoms. The van der Waals surface area contributed by atoms with E-state index in [0.29, 0.717) is 10.7 Å². The molecule has 1 aromatic heterocycles. The molecule has 2 rings (SSSR count). The Labute approximate surface area is 108 Å². The molecule has 0 unspecified atom stereocenters. The lowest BCUT2D eigenvalue weighted by Crippen LogP contribution is -2.07. The summed E-state index contributed by atoms with van der Waals surface area (Å²) in [6, 6.07) is 3.25. The van der Waals surface area contributed by atoms with Crippen molar-refractivity contribution in [1.29, 1.82) is 0 Å². The first kappa shape index (κ1) is 12.8. The summed E-state index contributed by atoms with van der Waals surface area (Å²) in [7, 11) is 1.75. The third-order valence-corrected chi connectivity index (χ3v) is 3.13. The van der Waals surface area contributed by atoms with E-state index in [1.807, 2.05) is 0 Å². The highest BCUT2D eigenvalue weighted by molar-refractivity contribution is 6.31. The van der Waals surface area contributed by atoms with E-state index < -0.39 is 11.6 Å². The highest BCUT2D eigenvalue weighted by Crippen LogP contribution is 2.22. The molecule has 0 bridgehead atoms. The molecule has 3 nitrogen and oxygen atoms in total. The van der Waals surface area contributed by atoms with Crippen LogP contribution in [-0.2, 0) is 13.6 Å². The highest BCUT2D eigenvalue weighted by Gasteiger charge is 2.11. The monoisotopic (exact) mass is 271 g/mol. The summed E-state index contributed by atoms with van der Waals surface area (Å²) in [4.78, 5) is 0. The van der Waals surface area contributed by atoms with Crippen molar-refractivity contribution in [2.75, 3.05) is 5.32 Å². The normalized spacial score (nSPS) is 10.7. The molecular formula is C12H12ClF2N3. The maximum Gasteiger partial charge on any atom is 0.146 e. The van der Waals surface area contributed by atoms with Gasteiger partial charge < -0.3 is 5.32 Å². The first-order chi connectivity index (χ1) is 8.49. The highest BCUT2D eigenvalue weighted by atomic mass is 35.5. The molecule has 96 valence electrons. The Morgan fingerprint density at radius 3 is 2.72 bits per heavy atom. The summed E-state index contributed by atoms with van der Waals surface area (Å²) >= 11 is 6.06. The van der Waals surface area contributed by atoms with E-state index in [-0.39, 0.29) is 12.2 Å². The van der Waals surface area contributed by atoms with Crippen molar-refractivity contribution in [3.8, 4) is 0 Å². The van der Waals surface area contributed by atoms with E-state index >= 15 is 0 Å². The van der Waals surface area contributed by atoms with Crippen molar-refractivity contribution in [2.45, 2.75) is 13.5 Å². The van der Waals surface area contributed by atoms with Crippen molar-refractivity contribution in [3.63, 3.8) is 0 Å². The van der Waals surface area contributed by atoms with Crippen LogP contribution < -0.4 is 5.32 Å². The Morgan fingerprint density at radius 2 is 2.11 bits per heavy atom. The maximum absolute atomic E-state index is 13.4. The Kier molecular flexibility index (Phi) is 3.52. The van der Waals surface area contributed by atoms with Crippen LogP contribution in [0.3, 0.4) is 0 Å². The molecule has 0 amide bonds. The summed E-state index contributed by atoms with van der Waals surface area (Å²) < 4.78 is 28.0. The van der Waals surface area contributed by atoms with Crippen LogP contribution in [0.2, 0.25) is 5.02 Å². The van der Waals surface area contributed by atoms with Gasteiger partial charge in [0.15, 0.2) is 0 Å². The minimum Gasteiger partial charge on any atom is -0.377 e. The van der Waals surface area contributed by atoms with E-state index in [1.54, 1.807) is 18.7 Å². The zero-order chi connectivity index (χ0) is 13.3. The quantitative estimate of drug-likeness (QED) is 0.928. The standard InChI is InChI=1S/C12H12ClF2N3/c1-7-12(13)11(18(2)17-7)6-16-10-5-8(14)3-4-9(10)15/h3-5,16H,6H2,1-2H3. The van der Waals surface area contributed by atoms with Gasteiger partial charge in [-0.25, -0.2) is 8.78 Å². The van der Waals surface area contributed by atoms with E-state index in [2.05, 4.69) is 10.4 Å². The molecule has 0 spiro atoms. The molecular weight excluding hydrogens is 260 g/mol. The van der Waals surface area contributed by atoms with Crippen LogP contribution in [0.4, 0.5) is 14.5 Å². The van der Waals surface area contributed by atoms with E-state index in [4.69, 9.17) is 11.6 Å². The van der Waals surface area contributed by atoms with Crippen LogP contribution in [0.15, 0.2) is 18.2 Å². The van der Waals surface area contributed by atoms with Gasteiger partial charge in [-0.15, -0.1) is 0 Å². The van der Waals surface area contributed by atoms with Crippen molar-refractivity contribution >= 4 is 17.3 Å². The number of hydrogen-bond acceptors (Lipinski definition) is 2. The molecule has 0 radical (unpaired) electrons. The SMILES string of the molecule is Cc1nn(C)c(CNc2cc(F)ccc2F)c1Cl. The van der Waals surface area contributed by atoms with Crippen LogP contribution in [0.1, 0.15) is 11.4 Å². The fourth-order valence-corrected chi connectivity index (χ4v) is 1.91. The van der Waals surface area contributed by atoms with E-state index in [1.165, 1.54) is 0 Å². The topological polar surface area (TPSA) is 29.9 Å². The third kappa shape index (κ3) is 2.46. The van der Waals surface area contributed by atoms with Gasteiger partial charge in [0.05, 0.1) is 28.6 Å². The molecule has 0 fully saturated rings. The van der Waals surface area contributed by atoms with Gasteiger partial charge in [0.1, 0.15) is 11.6 Å². The molecule has 1 heterocycles. The zero-order valence-corrected chi connectivity index (χ0v) is 10.7. The van der Waals surface area contributed by atoms with Gasteiger partial charge in [-0.1, -0.05) is 11.6 Å². The fourth-order valence-electron chi connectivity index (χ4n) is 1.68. The molecule has 0 aliphatic rings. The van der Waals surface area contributed by atoms with Crippen LogP contribution in [0.5, 0.6) is 0 Å². The van der Waals surface area contributed by atoms with Crippen LogP contribution in [0.25, 0.3) is 0 Å². The summed E-state index contributed by atoms with van der Waals surface area (Å²) in [6.07, 6.45) is 0. The number of nitrogens with zero attached hydrogens (tertiary/aromatic N) is 2. The average Bonchev–Trinajstić information content (AvgIpc) is 2.55. The molecule has 18 heavy (non-hydrogen) atoms. The minimum atomic E-state index is -0.508. The van der Waals surface area contributed by atoms with Gasteiger partial charge in [0.2, 0.25) is 0 Å². The number of nitrogens with one attached hydrogen (secondary N) is 1. The molecule has 0 saturated heterocycles. The summed E-state index contributed by atoms with van der Waals surface area (Å²) in [6.45, 7) is 2.06. The number of aromatic nitrogens is 2. The zero-order valence-electron chi connectivity index (χ0n) is 9.97. The second-order valence-electron chi connectivity index (χ2n) is 3.95. The van der Waals surface area contributed by atoms with Gasteiger partial charge in [0, 0.05) is 7.05 Å². The fraction of sp³-hybridized carbons (Fsp3) is 0.250. The summed E-state index contributed by atoms with van der Waals surface area (Å²) in [5.74, 6) is -1.00. The lowest BCUT2D eigenvalue weighted by molar-refractivity contribution is 0.601. The Bertz CT molecular complexity index is 581. The van der Waals surface area contributed by atoms with E-state index in [9.17, 15) is 8.78 Å². The predicted octanol–water partition coefficient (Wildman–Crippen LogP) is 3.27. The average molecular weight is 272 g/mol. The summed E-state index contributed by atoms with van der Waals surface area (Å²) in [5.41, 5.74) is 1.53. The molecule has 0 aliphatic heterocycles. The summed E-state index contributed by atoms with van der Waals surface area (Å²) in [5, 5.41) is 7.47. The van der Waals surface area contributed by atoms with Crippen molar-refractivity contribution in [2.24, 2.45) is 7.05 Å². The second kappa shape index (κ2) is 4.94. The number of hydrogen-bond donors (Lipinski definition) is 1. The molecule has 1 aromatic carbocycles. The largest absolute Gasteiger partial charge is 0.377 e.